The largest absolute Gasteiger partial charge is 0.311 e. The van der Waals surface area contributed by atoms with Gasteiger partial charge >= 0.3 is 0 Å². The lowest BCUT2D eigenvalue weighted by Gasteiger charge is -2.48. The highest BCUT2D eigenvalue weighted by atomic mass is 32.2. The zero-order valence-electron chi connectivity index (χ0n) is 35.5. The predicted octanol–water partition coefficient (Wildman–Crippen LogP) is 12.7. The van der Waals surface area contributed by atoms with E-state index in [1.165, 1.54) is 88.1 Å². The summed E-state index contributed by atoms with van der Waals surface area (Å²) in [4.78, 5) is 8.02. The summed E-state index contributed by atoms with van der Waals surface area (Å²) >= 11 is 1.99. The van der Waals surface area contributed by atoms with E-state index in [1.54, 1.807) is 0 Å². The van der Waals surface area contributed by atoms with Crippen molar-refractivity contribution in [3.63, 3.8) is 0 Å². The second-order valence-electron chi connectivity index (χ2n) is 21.3. The summed E-state index contributed by atoms with van der Waals surface area (Å²) in [6, 6.07) is 34.0. The SMILES string of the molecule is CC(C)(C)c1ccc(N2c3cc(C(C)(C)C)cc4c3B3c5c(cc(C(C)(C)C)cc5N(c5ccc(C(C)(C)C)cc5)c5cc(C(C)(C)C)cc2c53)S4)cc1. The van der Waals surface area contributed by atoms with Gasteiger partial charge < -0.3 is 9.80 Å². The second-order valence-corrected chi connectivity index (χ2v) is 22.4. The van der Waals surface area contributed by atoms with E-state index in [1.807, 2.05) is 11.8 Å². The molecule has 0 spiro atoms. The Kier molecular flexibility index (Phi) is 8.11. The number of hydrogen-bond acceptors (Lipinski definition) is 3. The fourth-order valence-corrected chi connectivity index (χ4v) is 9.79. The monoisotopic (exact) mass is 730 g/mol. The highest BCUT2D eigenvalue weighted by Crippen LogP contribution is 2.52. The number of hydrogen-bond donors (Lipinski definition) is 0. The molecule has 278 valence electrons. The Balaban J connectivity index is 1.52. The van der Waals surface area contributed by atoms with Crippen molar-refractivity contribution in [3.8, 4) is 0 Å². The normalized spacial score (nSPS) is 15.1. The van der Waals surface area contributed by atoms with Crippen LogP contribution < -0.4 is 26.2 Å². The highest BCUT2D eigenvalue weighted by molar-refractivity contribution is 8.00. The number of benzene rings is 5. The van der Waals surface area contributed by atoms with E-state index in [0.717, 1.165) is 0 Å². The quantitative estimate of drug-likeness (QED) is 0.164. The van der Waals surface area contributed by atoms with Crippen LogP contribution in [-0.2, 0) is 27.1 Å². The van der Waals surface area contributed by atoms with E-state index in [9.17, 15) is 0 Å². The van der Waals surface area contributed by atoms with Gasteiger partial charge in [-0.1, -0.05) is 140 Å². The summed E-state index contributed by atoms with van der Waals surface area (Å²) in [5.74, 6) is 0. The molecule has 0 saturated carbocycles. The molecule has 3 heterocycles. The molecule has 3 aliphatic rings. The van der Waals surface area contributed by atoms with Crippen LogP contribution in [0.25, 0.3) is 0 Å². The Labute approximate surface area is 330 Å². The minimum Gasteiger partial charge on any atom is -0.311 e. The minimum absolute atomic E-state index is 0.00613. The Morgan fingerprint density at radius 1 is 0.352 bits per heavy atom. The van der Waals surface area contributed by atoms with Crippen LogP contribution in [0.15, 0.2) is 94.7 Å². The zero-order chi connectivity index (χ0) is 39.1. The average Bonchev–Trinajstić information content (AvgIpc) is 3.06. The maximum atomic E-state index is 2.62. The Bertz CT molecular complexity index is 2160. The summed E-state index contributed by atoms with van der Waals surface area (Å²) in [7, 11) is 0. The Hall–Kier alpha value is -3.89. The van der Waals surface area contributed by atoms with E-state index in [4.69, 9.17) is 0 Å². The number of rotatable bonds is 2. The molecule has 0 N–H and O–H groups in total. The topological polar surface area (TPSA) is 6.48 Å². The fourth-order valence-electron chi connectivity index (χ4n) is 8.52. The van der Waals surface area contributed by atoms with E-state index in [0.29, 0.717) is 0 Å². The van der Waals surface area contributed by atoms with Crippen molar-refractivity contribution in [1.29, 1.82) is 0 Å². The van der Waals surface area contributed by atoms with Crippen LogP contribution in [0.3, 0.4) is 0 Å². The van der Waals surface area contributed by atoms with Gasteiger partial charge in [-0.2, -0.15) is 0 Å². The van der Waals surface area contributed by atoms with Crippen molar-refractivity contribution in [2.75, 3.05) is 9.80 Å². The van der Waals surface area contributed by atoms with Crippen molar-refractivity contribution in [2.45, 2.75) is 141 Å². The Morgan fingerprint density at radius 2 is 0.630 bits per heavy atom. The smallest absolute Gasteiger partial charge is 0.255 e. The molecule has 4 heteroatoms. The summed E-state index contributed by atoms with van der Waals surface area (Å²) in [5, 5.41) is 0. The van der Waals surface area contributed by atoms with Gasteiger partial charge in [0.2, 0.25) is 0 Å². The van der Waals surface area contributed by atoms with Gasteiger partial charge in [-0.05, 0) is 132 Å². The van der Waals surface area contributed by atoms with Crippen molar-refractivity contribution >= 4 is 69.0 Å². The zero-order valence-corrected chi connectivity index (χ0v) is 36.3. The van der Waals surface area contributed by atoms with Gasteiger partial charge in [0.15, 0.2) is 0 Å². The first-order valence-electron chi connectivity index (χ1n) is 20.0. The van der Waals surface area contributed by atoms with Gasteiger partial charge in [-0.15, -0.1) is 0 Å². The fraction of sp³-hybridized carbons (Fsp3) is 0.400. The summed E-state index contributed by atoms with van der Waals surface area (Å²) in [5.41, 5.74) is 18.9. The molecule has 0 radical (unpaired) electrons. The van der Waals surface area contributed by atoms with Gasteiger partial charge in [0, 0.05) is 43.9 Å². The van der Waals surface area contributed by atoms with Gasteiger partial charge in [0.25, 0.3) is 6.71 Å². The van der Waals surface area contributed by atoms with Crippen LogP contribution in [0, 0.1) is 0 Å². The van der Waals surface area contributed by atoms with E-state index >= 15 is 0 Å². The van der Waals surface area contributed by atoms with E-state index in [-0.39, 0.29) is 33.8 Å². The molecule has 0 aliphatic carbocycles. The Morgan fingerprint density at radius 3 is 0.926 bits per heavy atom. The predicted molar refractivity (Wildman–Crippen MR) is 238 cm³/mol. The van der Waals surface area contributed by atoms with Crippen molar-refractivity contribution < 1.29 is 0 Å². The molecule has 0 aromatic heterocycles. The molecule has 0 saturated heterocycles. The first kappa shape index (κ1) is 37.1. The minimum atomic E-state index is -0.0607. The van der Waals surface area contributed by atoms with E-state index < -0.39 is 0 Å². The van der Waals surface area contributed by atoms with Gasteiger partial charge in [0.1, 0.15) is 0 Å². The van der Waals surface area contributed by atoms with Crippen LogP contribution in [0.1, 0.15) is 132 Å². The summed E-state index contributed by atoms with van der Waals surface area (Å²) < 4.78 is 0. The molecule has 54 heavy (non-hydrogen) atoms. The lowest BCUT2D eigenvalue weighted by molar-refractivity contribution is 0.588. The molecule has 0 bridgehead atoms. The van der Waals surface area contributed by atoms with Gasteiger partial charge in [-0.3, -0.25) is 0 Å². The third kappa shape index (κ3) is 5.94. The van der Waals surface area contributed by atoms with Gasteiger partial charge in [-0.25, -0.2) is 0 Å². The molecule has 5 aromatic carbocycles. The van der Waals surface area contributed by atoms with Crippen LogP contribution in [0.4, 0.5) is 34.1 Å². The maximum absolute atomic E-state index is 2.62. The van der Waals surface area contributed by atoms with Crippen molar-refractivity contribution in [1.82, 2.24) is 0 Å². The van der Waals surface area contributed by atoms with Crippen molar-refractivity contribution in [3.05, 3.63) is 113 Å². The molecule has 0 unspecified atom stereocenters. The summed E-state index contributed by atoms with van der Waals surface area (Å²) in [6.07, 6.45) is 0. The molecule has 5 aromatic rings. The molecular weight excluding hydrogens is 671 g/mol. The van der Waals surface area contributed by atoms with Gasteiger partial charge in [0.05, 0.1) is 0 Å². The van der Waals surface area contributed by atoms with Crippen LogP contribution in [0.5, 0.6) is 0 Å². The lowest BCUT2D eigenvalue weighted by Crippen LogP contribution is -2.64. The average molecular weight is 731 g/mol. The van der Waals surface area contributed by atoms with Crippen LogP contribution in [-0.4, -0.2) is 6.71 Å². The first-order chi connectivity index (χ1) is 24.9. The molecular formula is C50H59BN2S. The third-order valence-electron chi connectivity index (χ3n) is 12.0. The first-order valence-corrected chi connectivity index (χ1v) is 20.8. The number of anilines is 6. The molecule has 0 amide bonds. The highest BCUT2D eigenvalue weighted by Gasteiger charge is 2.49. The van der Waals surface area contributed by atoms with Crippen molar-refractivity contribution in [2.24, 2.45) is 0 Å². The lowest BCUT2D eigenvalue weighted by atomic mass is 9.33. The standard InChI is InChI=1S/C50H59BN2S/c1-46(2,3)30-16-20-35(21-17-30)52-37-24-32(48(7,8)9)25-38-43(37)51-44-39(52)26-33(49(10,11)12)28-41(44)54-42-29-34(50(13,14)15)27-40(45(42)51)53(38)36-22-18-31(19-23-36)47(4,5)6/h16-29H,1-15H3. The van der Waals surface area contributed by atoms with Crippen LogP contribution in [0.2, 0.25) is 0 Å². The second kappa shape index (κ2) is 11.8. The van der Waals surface area contributed by atoms with E-state index in [2.05, 4.69) is 199 Å². The molecule has 0 atom stereocenters. The van der Waals surface area contributed by atoms with Crippen LogP contribution >= 0.6 is 11.8 Å². The third-order valence-corrected chi connectivity index (χ3v) is 13.1. The molecule has 0 fully saturated rings. The number of nitrogens with zero attached hydrogens (tertiary/aromatic N) is 2. The maximum Gasteiger partial charge on any atom is 0.255 e. The molecule has 8 rings (SSSR count). The molecule has 2 nitrogen and oxygen atoms in total. The molecule has 3 aliphatic heterocycles. The summed E-state index contributed by atoms with van der Waals surface area (Å²) in [6.45, 7) is 35.2.